The van der Waals surface area contributed by atoms with Gasteiger partial charge < -0.3 is 10.0 Å². The van der Waals surface area contributed by atoms with Crippen molar-refractivity contribution in [2.24, 2.45) is 0 Å². The van der Waals surface area contributed by atoms with Gasteiger partial charge in [0.25, 0.3) is 0 Å². The Morgan fingerprint density at radius 3 is 2.82 bits per heavy atom. The van der Waals surface area contributed by atoms with Crippen molar-refractivity contribution < 1.29 is 9.90 Å². The van der Waals surface area contributed by atoms with E-state index < -0.39 is 0 Å². The number of benzene rings is 1. The maximum absolute atomic E-state index is 11.6. The van der Waals surface area contributed by atoms with Crippen molar-refractivity contribution in [3.05, 3.63) is 29.8 Å². The van der Waals surface area contributed by atoms with Crippen LogP contribution < -0.4 is 4.90 Å². The number of ketones is 1. The Balaban J connectivity index is 2.24. The summed E-state index contributed by atoms with van der Waals surface area (Å²) in [6.45, 7) is 3.35. The van der Waals surface area contributed by atoms with Crippen LogP contribution in [0.3, 0.4) is 0 Å². The number of nitrogens with zero attached hydrogens (tertiary/aromatic N) is 1. The molecule has 1 atom stereocenters. The summed E-state index contributed by atoms with van der Waals surface area (Å²) in [7, 11) is 0. The van der Waals surface area contributed by atoms with E-state index in [1.807, 2.05) is 24.3 Å². The summed E-state index contributed by atoms with van der Waals surface area (Å²) >= 11 is 0. The van der Waals surface area contributed by atoms with E-state index in [1.54, 1.807) is 6.92 Å². The lowest BCUT2D eigenvalue weighted by molar-refractivity contribution is 0.101. The Bertz CT molecular complexity index is 403. The maximum atomic E-state index is 11.6. The highest BCUT2D eigenvalue weighted by Gasteiger charge is 2.18. The lowest BCUT2D eigenvalue weighted by Crippen LogP contribution is -2.26. The lowest BCUT2D eigenvalue weighted by atomic mass is 10.1. The zero-order valence-corrected chi connectivity index (χ0v) is 10.2. The van der Waals surface area contributed by atoms with Gasteiger partial charge in [0.2, 0.25) is 0 Å². The smallest absolute Gasteiger partial charge is 0.161 e. The molecule has 3 heteroatoms. The molecule has 0 spiro atoms. The van der Waals surface area contributed by atoms with Crippen molar-refractivity contribution in [2.75, 3.05) is 18.0 Å². The van der Waals surface area contributed by atoms with Gasteiger partial charge in [-0.3, -0.25) is 4.79 Å². The van der Waals surface area contributed by atoms with Crippen LogP contribution in [0, 0.1) is 0 Å². The molecule has 1 aromatic rings. The second-order valence-electron chi connectivity index (χ2n) is 4.65. The topological polar surface area (TPSA) is 40.5 Å². The zero-order chi connectivity index (χ0) is 12.3. The van der Waals surface area contributed by atoms with Crippen LogP contribution in [0.1, 0.15) is 36.5 Å². The fourth-order valence-corrected chi connectivity index (χ4v) is 2.37. The fourth-order valence-electron chi connectivity index (χ4n) is 2.37. The number of hydrogen-bond acceptors (Lipinski definition) is 3. The van der Waals surface area contributed by atoms with Crippen molar-refractivity contribution in [1.29, 1.82) is 0 Å². The van der Waals surface area contributed by atoms with E-state index in [1.165, 1.54) is 0 Å². The molecule has 2 rings (SSSR count). The third-order valence-corrected chi connectivity index (χ3v) is 3.32. The molecular weight excluding hydrogens is 214 g/mol. The zero-order valence-electron chi connectivity index (χ0n) is 10.2. The molecule has 1 aromatic carbocycles. The summed E-state index contributed by atoms with van der Waals surface area (Å²) in [4.78, 5) is 13.8. The minimum Gasteiger partial charge on any atom is -0.393 e. The van der Waals surface area contributed by atoms with Gasteiger partial charge in [-0.15, -0.1) is 0 Å². The average molecular weight is 233 g/mol. The number of para-hydroxylation sites is 1. The van der Waals surface area contributed by atoms with Crippen molar-refractivity contribution in [1.82, 2.24) is 0 Å². The molecule has 1 N–H and O–H groups in total. The molecule has 92 valence electrons. The summed E-state index contributed by atoms with van der Waals surface area (Å²) in [5.74, 6) is 0.102. The van der Waals surface area contributed by atoms with Gasteiger partial charge in [0.05, 0.1) is 6.10 Å². The van der Waals surface area contributed by atoms with Gasteiger partial charge in [0, 0.05) is 24.3 Å². The molecule has 0 saturated carbocycles. The van der Waals surface area contributed by atoms with Crippen molar-refractivity contribution in [3.63, 3.8) is 0 Å². The Hall–Kier alpha value is -1.35. The molecule has 17 heavy (non-hydrogen) atoms. The van der Waals surface area contributed by atoms with Gasteiger partial charge in [0.15, 0.2) is 5.78 Å². The van der Waals surface area contributed by atoms with Gasteiger partial charge in [-0.05, 0) is 38.3 Å². The summed E-state index contributed by atoms with van der Waals surface area (Å²) in [5, 5.41) is 9.64. The molecule has 0 radical (unpaired) electrons. The van der Waals surface area contributed by atoms with E-state index in [2.05, 4.69) is 4.90 Å². The molecule has 1 unspecified atom stereocenters. The van der Waals surface area contributed by atoms with E-state index in [0.717, 1.165) is 43.6 Å². The first kappa shape index (κ1) is 12.1. The highest BCUT2D eigenvalue weighted by atomic mass is 16.3. The van der Waals surface area contributed by atoms with Gasteiger partial charge >= 0.3 is 0 Å². The van der Waals surface area contributed by atoms with E-state index in [0.29, 0.717) is 0 Å². The monoisotopic (exact) mass is 233 g/mol. The van der Waals surface area contributed by atoms with E-state index in [4.69, 9.17) is 0 Å². The normalized spacial score (nSPS) is 21.1. The molecule has 0 bridgehead atoms. The van der Waals surface area contributed by atoms with Crippen LogP contribution in [0.15, 0.2) is 24.3 Å². The predicted molar refractivity (Wildman–Crippen MR) is 68.5 cm³/mol. The average Bonchev–Trinajstić information content (AvgIpc) is 2.54. The maximum Gasteiger partial charge on any atom is 0.161 e. The fraction of sp³-hybridized carbons (Fsp3) is 0.500. The summed E-state index contributed by atoms with van der Waals surface area (Å²) in [5.41, 5.74) is 1.79. The van der Waals surface area contributed by atoms with Gasteiger partial charge in [-0.2, -0.15) is 0 Å². The van der Waals surface area contributed by atoms with Crippen molar-refractivity contribution >= 4 is 11.5 Å². The number of anilines is 1. The molecule has 1 aliphatic heterocycles. The third kappa shape index (κ3) is 2.86. The van der Waals surface area contributed by atoms with Gasteiger partial charge in [-0.25, -0.2) is 0 Å². The van der Waals surface area contributed by atoms with Crippen LogP contribution in [-0.4, -0.2) is 30.1 Å². The van der Waals surface area contributed by atoms with Gasteiger partial charge in [0.1, 0.15) is 0 Å². The second-order valence-corrected chi connectivity index (χ2v) is 4.65. The van der Waals surface area contributed by atoms with Crippen LogP contribution in [0.2, 0.25) is 0 Å². The third-order valence-electron chi connectivity index (χ3n) is 3.32. The van der Waals surface area contributed by atoms with Crippen LogP contribution in [-0.2, 0) is 0 Å². The Morgan fingerprint density at radius 2 is 2.06 bits per heavy atom. The molecule has 1 fully saturated rings. The molecule has 1 saturated heterocycles. The molecule has 1 aliphatic rings. The molecule has 0 amide bonds. The van der Waals surface area contributed by atoms with Crippen LogP contribution in [0.4, 0.5) is 5.69 Å². The SMILES string of the molecule is CC(=O)c1ccccc1N1CCCC(O)CC1. The Kier molecular flexibility index (Phi) is 3.79. The van der Waals surface area contributed by atoms with E-state index in [9.17, 15) is 9.90 Å². The largest absolute Gasteiger partial charge is 0.393 e. The molecule has 0 aliphatic carbocycles. The van der Waals surface area contributed by atoms with E-state index >= 15 is 0 Å². The molecule has 0 aromatic heterocycles. The minimum absolute atomic E-state index is 0.102. The minimum atomic E-state index is -0.190. The standard InChI is InChI=1S/C14H19NO2/c1-11(16)13-6-2-3-7-14(13)15-9-4-5-12(17)8-10-15/h2-3,6-7,12,17H,4-5,8-10H2,1H3. The second kappa shape index (κ2) is 5.32. The number of aliphatic hydroxyl groups excluding tert-OH is 1. The van der Waals surface area contributed by atoms with E-state index in [-0.39, 0.29) is 11.9 Å². The predicted octanol–water partition coefficient (Wildman–Crippen LogP) is 2.24. The highest BCUT2D eigenvalue weighted by Crippen LogP contribution is 2.24. The number of Topliss-reactive ketones (excluding diaryl/α,β-unsaturated/α-hetero) is 1. The first-order valence-electron chi connectivity index (χ1n) is 6.21. The van der Waals surface area contributed by atoms with Gasteiger partial charge in [-0.1, -0.05) is 12.1 Å². The number of hydrogen-bond donors (Lipinski definition) is 1. The van der Waals surface area contributed by atoms with Crippen LogP contribution in [0.5, 0.6) is 0 Å². The quantitative estimate of drug-likeness (QED) is 0.796. The first-order chi connectivity index (χ1) is 8.18. The molecule has 1 heterocycles. The summed E-state index contributed by atoms with van der Waals surface area (Å²) < 4.78 is 0. The van der Waals surface area contributed by atoms with Crippen molar-refractivity contribution in [3.8, 4) is 0 Å². The number of rotatable bonds is 2. The summed E-state index contributed by atoms with van der Waals surface area (Å²) in [6, 6.07) is 7.73. The Morgan fingerprint density at radius 1 is 1.29 bits per heavy atom. The first-order valence-corrected chi connectivity index (χ1v) is 6.21. The van der Waals surface area contributed by atoms with Crippen molar-refractivity contribution in [2.45, 2.75) is 32.3 Å². The Labute approximate surface area is 102 Å². The number of aliphatic hydroxyl groups is 1. The van der Waals surface area contributed by atoms with Crippen LogP contribution in [0.25, 0.3) is 0 Å². The number of carbonyl (C=O) groups excluding carboxylic acids is 1. The summed E-state index contributed by atoms with van der Waals surface area (Å²) in [6.07, 6.45) is 2.43. The molecule has 3 nitrogen and oxygen atoms in total. The van der Waals surface area contributed by atoms with Crippen LogP contribution >= 0.6 is 0 Å². The highest BCUT2D eigenvalue weighted by molar-refractivity contribution is 5.99. The number of carbonyl (C=O) groups is 1. The lowest BCUT2D eigenvalue weighted by Gasteiger charge is -2.24. The molecular formula is C14H19NO2.